The summed E-state index contributed by atoms with van der Waals surface area (Å²) in [5.74, 6) is 0.0185. The van der Waals surface area contributed by atoms with E-state index >= 15 is 0 Å². The quantitative estimate of drug-likeness (QED) is 0.531. The Bertz CT molecular complexity index is 727. The normalized spacial score (nSPS) is 20.6. The summed E-state index contributed by atoms with van der Waals surface area (Å²) in [6, 6.07) is 8.46. The van der Waals surface area contributed by atoms with Crippen LogP contribution in [0, 0.1) is 0 Å². The first kappa shape index (κ1) is 17.6. The summed E-state index contributed by atoms with van der Waals surface area (Å²) >= 11 is 8.42. The molecule has 0 atom stereocenters. The topological polar surface area (TPSA) is 23.6 Å². The minimum atomic E-state index is 0.0185. The van der Waals surface area contributed by atoms with Crippen molar-refractivity contribution < 1.29 is 4.79 Å². The summed E-state index contributed by atoms with van der Waals surface area (Å²) in [7, 11) is 0. The molecule has 1 aromatic rings. The summed E-state index contributed by atoms with van der Waals surface area (Å²) in [5.41, 5.74) is 1.26. The molecule has 2 aliphatic heterocycles. The van der Waals surface area contributed by atoms with E-state index in [9.17, 15) is 4.79 Å². The minimum absolute atomic E-state index is 0.0185. The third-order valence-corrected chi connectivity index (χ3v) is 6.47. The summed E-state index contributed by atoms with van der Waals surface area (Å²) in [6.45, 7) is 5.77. The van der Waals surface area contributed by atoms with Gasteiger partial charge in [-0.25, -0.2) is 0 Å². The van der Waals surface area contributed by atoms with E-state index in [1.165, 1.54) is 27.4 Å². The van der Waals surface area contributed by atoms with Crippen molar-refractivity contribution in [3.63, 3.8) is 0 Å². The monoisotopic (exact) mass is 376 g/mol. The van der Waals surface area contributed by atoms with Crippen LogP contribution in [-0.2, 0) is 4.79 Å². The number of rotatable bonds is 5. The Balaban J connectivity index is 1.85. The second-order valence-corrected chi connectivity index (χ2v) is 8.27. The molecule has 1 aromatic carbocycles. The van der Waals surface area contributed by atoms with E-state index in [0.717, 1.165) is 19.4 Å². The largest absolute Gasteiger partial charge is 0.335 e. The fraction of sp³-hybridized carbons (Fsp3) is 0.333. The van der Waals surface area contributed by atoms with Crippen molar-refractivity contribution in [1.29, 1.82) is 0 Å². The molecule has 0 saturated carbocycles. The number of unbranched alkanes of at least 4 members (excludes halogenated alkanes) is 1. The maximum Gasteiger partial charge on any atom is 0.266 e. The highest BCUT2D eigenvalue weighted by atomic mass is 32.2. The number of benzene rings is 1. The van der Waals surface area contributed by atoms with Gasteiger partial charge in [0.15, 0.2) is 0 Å². The molecule has 0 spiro atoms. The molecular formula is C18H20N2OS3. The maximum atomic E-state index is 12.3. The van der Waals surface area contributed by atoms with Crippen molar-refractivity contribution in [3.05, 3.63) is 46.4 Å². The van der Waals surface area contributed by atoms with Crippen molar-refractivity contribution in [2.45, 2.75) is 31.6 Å². The Morgan fingerprint density at radius 1 is 1.12 bits per heavy atom. The van der Waals surface area contributed by atoms with Crippen LogP contribution in [0.4, 0.5) is 5.69 Å². The molecule has 0 radical (unpaired) electrons. The zero-order valence-electron chi connectivity index (χ0n) is 13.8. The standard InChI is InChI=1S/C18H20N2OS3/c1-3-5-12-20-13-8-6-7-9-14(13)23-16(20)11-10-15-17(21)19(4-2)18(22)24-15/h6-11H,3-5,12H2,1-2H3/b15-10+,16-11-. The van der Waals surface area contributed by atoms with E-state index in [-0.39, 0.29) is 5.91 Å². The lowest BCUT2D eigenvalue weighted by molar-refractivity contribution is -0.122. The van der Waals surface area contributed by atoms with Gasteiger partial charge in [-0.2, -0.15) is 0 Å². The van der Waals surface area contributed by atoms with E-state index in [0.29, 0.717) is 15.8 Å². The van der Waals surface area contributed by atoms with E-state index in [4.69, 9.17) is 12.2 Å². The third kappa shape index (κ3) is 3.41. The second kappa shape index (κ2) is 7.76. The molecule has 1 amide bonds. The van der Waals surface area contributed by atoms with Gasteiger partial charge in [0.25, 0.3) is 5.91 Å². The van der Waals surface area contributed by atoms with Crippen molar-refractivity contribution in [2.24, 2.45) is 0 Å². The SMILES string of the molecule is CCCCN1/C(=C/C=C2/SC(=S)N(CC)C2=O)Sc2ccccc21. The maximum absolute atomic E-state index is 12.3. The zero-order valence-corrected chi connectivity index (χ0v) is 16.3. The van der Waals surface area contributed by atoms with Crippen LogP contribution in [-0.4, -0.2) is 28.2 Å². The smallest absolute Gasteiger partial charge is 0.266 e. The van der Waals surface area contributed by atoms with E-state index in [1.807, 2.05) is 13.0 Å². The van der Waals surface area contributed by atoms with Gasteiger partial charge in [0.1, 0.15) is 4.32 Å². The first-order chi connectivity index (χ1) is 11.7. The molecule has 0 unspecified atom stereocenters. The van der Waals surface area contributed by atoms with Gasteiger partial charge in [0, 0.05) is 18.0 Å². The van der Waals surface area contributed by atoms with Gasteiger partial charge in [-0.3, -0.25) is 9.69 Å². The number of fused-ring (bicyclic) bond motifs is 1. The Hall–Kier alpha value is -1.24. The lowest BCUT2D eigenvalue weighted by Gasteiger charge is -2.19. The highest BCUT2D eigenvalue weighted by Gasteiger charge is 2.30. The number of likely N-dealkylation sites (N-methyl/N-ethyl adjacent to an activating group) is 1. The molecule has 1 saturated heterocycles. The van der Waals surface area contributed by atoms with Crippen molar-refractivity contribution in [1.82, 2.24) is 4.90 Å². The van der Waals surface area contributed by atoms with Crippen LogP contribution < -0.4 is 4.90 Å². The van der Waals surface area contributed by atoms with Gasteiger partial charge < -0.3 is 4.90 Å². The number of nitrogens with zero attached hydrogens (tertiary/aromatic N) is 2. The first-order valence-corrected chi connectivity index (χ1v) is 10.2. The van der Waals surface area contributed by atoms with Gasteiger partial charge in [0.05, 0.1) is 15.6 Å². The van der Waals surface area contributed by atoms with Crippen molar-refractivity contribution in [2.75, 3.05) is 18.0 Å². The summed E-state index contributed by atoms with van der Waals surface area (Å²) in [5, 5.41) is 1.17. The van der Waals surface area contributed by atoms with Crippen LogP contribution >= 0.6 is 35.7 Å². The number of hydrogen-bond donors (Lipinski definition) is 0. The molecule has 0 N–H and O–H groups in total. The Morgan fingerprint density at radius 2 is 1.92 bits per heavy atom. The van der Waals surface area contributed by atoms with Gasteiger partial charge >= 0.3 is 0 Å². The van der Waals surface area contributed by atoms with Crippen LogP contribution in [0.3, 0.4) is 0 Å². The fourth-order valence-corrected chi connectivity index (χ4v) is 5.07. The molecule has 0 bridgehead atoms. The highest BCUT2D eigenvalue weighted by molar-refractivity contribution is 8.26. The predicted octanol–water partition coefficient (Wildman–Crippen LogP) is 5.00. The molecule has 3 rings (SSSR count). The molecule has 2 heterocycles. The van der Waals surface area contributed by atoms with Crippen molar-refractivity contribution in [3.8, 4) is 0 Å². The highest BCUT2D eigenvalue weighted by Crippen LogP contribution is 2.46. The number of thiocarbonyl (C=S) groups is 1. The number of amides is 1. The van der Waals surface area contributed by atoms with Gasteiger partial charge in [-0.1, -0.05) is 61.2 Å². The molecule has 2 aliphatic rings. The van der Waals surface area contributed by atoms with Crippen LogP contribution in [0.2, 0.25) is 0 Å². The second-order valence-electron chi connectivity index (χ2n) is 5.53. The molecular weight excluding hydrogens is 356 g/mol. The Labute approximate surface area is 157 Å². The van der Waals surface area contributed by atoms with Crippen molar-refractivity contribution >= 4 is 51.7 Å². The number of anilines is 1. The molecule has 0 aliphatic carbocycles. The summed E-state index contributed by atoms with van der Waals surface area (Å²) < 4.78 is 0.650. The lowest BCUT2D eigenvalue weighted by Crippen LogP contribution is -2.27. The third-order valence-electron chi connectivity index (χ3n) is 3.94. The number of para-hydroxylation sites is 1. The predicted molar refractivity (Wildman–Crippen MR) is 108 cm³/mol. The van der Waals surface area contributed by atoms with Crippen LogP contribution in [0.25, 0.3) is 0 Å². The average molecular weight is 377 g/mol. The van der Waals surface area contributed by atoms with E-state index in [2.05, 4.69) is 42.2 Å². The zero-order chi connectivity index (χ0) is 17.1. The molecule has 126 valence electrons. The Kier molecular flexibility index (Phi) is 5.69. The first-order valence-electron chi connectivity index (χ1n) is 8.15. The molecule has 3 nitrogen and oxygen atoms in total. The van der Waals surface area contributed by atoms with E-state index < -0.39 is 0 Å². The number of carbonyl (C=O) groups is 1. The van der Waals surface area contributed by atoms with Crippen LogP contribution in [0.15, 0.2) is 51.2 Å². The Morgan fingerprint density at radius 3 is 2.62 bits per heavy atom. The lowest BCUT2D eigenvalue weighted by atomic mass is 10.2. The number of thioether (sulfide) groups is 2. The van der Waals surface area contributed by atoms with Gasteiger partial charge in [-0.05, 0) is 37.6 Å². The minimum Gasteiger partial charge on any atom is -0.335 e. The van der Waals surface area contributed by atoms with E-state index in [1.54, 1.807) is 16.7 Å². The molecule has 24 heavy (non-hydrogen) atoms. The molecule has 0 aromatic heterocycles. The summed E-state index contributed by atoms with van der Waals surface area (Å²) in [4.78, 5) is 18.3. The number of carbonyl (C=O) groups excluding carboxylic acids is 1. The number of hydrogen-bond acceptors (Lipinski definition) is 5. The fourth-order valence-electron chi connectivity index (χ4n) is 2.66. The molecule has 6 heteroatoms. The van der Waals surface area contributed by atoms with Gasteiger partial charge in [0.2, 0.25) is 0 Å². The molecule has 1 fully saturated rings. The van der Waals surface area contributed by atoms with Gasteiger partial charge in [-0.15, -0.1) is 0 Å². The van der Waals surface area contributed by atoms with Crippen LogP contribution in [0.1, 0.15) is 26.7 Å². The van der Waals surface area contributed by atoms with Crippen LogP contribution in [0.5, 0.6) is 0 Å². The number of allylic oxidation sites excluding steroid dienone is 2. The summed E-state index contributed by atoms with van der Waals surface area (Å²) in [6.07, 6.45) is 6.28. The average Bonchev–Trinajstić information content (AvgIpc) is 3.07.